The first-order valence-corrected chi connectivity index (χ1v) is 12.3. The Balaban J connectivity index is 1.57. The molecule has 0 bridgehead atoms. The molecule has 2 fully saturated rings. The molecule has 1 aromatic carbocycles. The first kappa shape index (κ1) is 22.2. The van der Waals surface area contributed by atoms with Gasteiger partial charge in [-0.05, 0) is 56.7 Å². The monoisotopic (exact) mass is 421 g/mol. The van der Waals surface area contributed by atoms with Crippen molar-refractivity contribution < 1.29 is 13.2 Å². The topological polar surface area (TPSA) is 60.9 Å². The van der Waals surface area contributed by atoms with Crippen LogP contribution in [-0.2, 0) is 14.8 Å². The van der Waals surface area contributed by atoms with Crippen LogP contribution < -0.4 is 0 Å². The molecule has 6 nitrogen and oxygen atoms in total. The van der Waals surface area contributed by atoms with Crippen molar-refractivity contribution in [3.63, 3.8) is 0 Å². The van der Waals surface area contributed by atoms with Crippen LogP contribution in [0.1, 0.15) is 58.4 Å². The summed E-state index contributed by atoms with van der Waals surface area (Å²) in [4.78, 5) is 17.3. The zero-order valence-electron chi connectivity index (χ0n) is 18.2. The van der Waals surface area contributed by atoms with Crippen LogP contribution in [0.2, 0.25) is 0 Å². The maximum Gasteiger partial charge on any atom is 0.243 e. The molecule has 2 aliphatic heterocycles. The second-order valence-electron chi connectivity index (χ2n) is 8.83. The van der Waals surface area contributed by atoms with Gasteiger partial charge in [0.15, 0.2) is 0 Å². The number of hydrogen-bond donors (Lipinski definition) is 0. The van der Waals surface area contributed by atoms with E-state index in [1.165, 1.54) is 6.42 Å². The largest absolute Gasteiger partial charge is 0.336 e. The lowest BCUT2D eigenvalue weighted by Gasteiger charge is -2.41. The SMILES string of the molecule is CC(C)c1ccc(S(=O)(=O)N2CCN(CC(=O)N3[C@H](C)CCC[C@@H]3C)CC2)cc1. The number of nitrogens with zero attached hydrogens (tertiary/aromatic N) is 3. The van der Waals surface area contributed by atoms with E-state index in [4.69, 9.17) is 0 Å². The molecule has 2 saturated heterocycles. The smallest absolute Gasteiger partial charge is 0.243 e. The average Bonchev–Trinajstić information content (AvgIpc) is 2.68. The van der Waals surface area contributed by atoms with Crippen molar-refractivity contribution in [1.82, 2.24) is 14.1 Å². The number of benzene rings is 1. The fourth-order valence-electron chi connectivity index (χ4n) is 4.49. The van der Waals surface area contributed by atoms with Crippen molar-refractivity contribution in [2.24, 2.45) is 0 Å². The predicted molar refractivity (Wildman–Crippen MR) is 115 cm³/mol. The van der Waals surface area contributed by atoms with Crippen LogP contribution in [0.4, 0.5) is 0 Å². The molecule has 0 aliphatic carbocycles. The fourth-order valence-corrected chi connectivity index (χ4v) is 5.91. The fraction of sp³-hybridized carbons (Fsp3) is 0.682. The van der Waals surface area contributed by atoms with Gasteiger partial charge in [-0.2, -0.15) is 4.31 Å². The summed E-state index contributed by atoms with van der Waals surface area (Å²) in [6.45, 7) is 10.8. The van der Waals surface area contributed by atoms with E-state index in [-0.39, 0.29) is 5.91 Å². The van der Waals surface area contributed by atoms with Crippen LogP contribution in [0.3, 0.4) is 0 Å². The number of likely N-dealkylation sites (tertiary alicyclic amines) is 1. The summed E-state index contributed by atoms with van der Waals surface area (Å²) < 4.78 is 27.5. The molecule has 2 aliphatic rings. The average molecular weight is 422 g/mol. The Bertz CT molecular complexity index is 789. The summed E-state index contributed by atoms with van der Waals surface area (Å²) in [5.41, 5.74) is 1.13. The van der Waals surface area contributed by atoms with Crippen molar-refractivity contribution in [2.75, 3.05) is 32.7 Å². The molecule has 0 saturated carbocycles. The molecule has 7 heteroatoms. The Labute approximate surface area is 175 Å². The van der Waals surface area contributed by atoms with Crippen LogP contribution in [0.5, 0.6) is 0 Å². The Morgan fingerprint density at radius 2 is 1.55 bits per heavy atom. The van der Waals surface area contributed by atoms with Gasteiger partial charge in [0, 0.05) is 38.3 Å². The molecule has 162 valence electrons. The van der Waals surface area contributed by atoms with E-state index in [0.29, 0.717) is 55.6 Å². The lowest BCUT2D eigenvalue weighted by molar-refractivity contribution is -0.138. The lowest BCUT2D eigenvalue weighted by Crippen LogP contribution is -2.54. The van der Waals surface area contributed by atoms with E-state index < -0.39 is 10.0 Å². The van der Waals surface area contributed by atoms with Gasteiger partial charge in [-0.3, -0.25) is 9.69 Å². The van der Waals surface area contributed by atoms with Crippen molar-refractivity contribution in [2.45, 2.75) is 69.9 Å². The van der Waals surface area contributed by atoms with Crippen molar-refractivity contribution >= 4 is 15.9 Å². The molecule has 2 atom stereocenters. The number of piperazine rings is 1. The number of carbonyl (C=O) groups is 1. The minimum absolute atomic E-state index is 0.172. The zero-order chi connectivity index (χ0) is 21.2. The Hall–Kier alpha value is -1.44. The molecular formula is C22H35N3O3S. The predicted octanol–water partition coefficient (Wildman–Crippen LogP) is 2.91. The third-order valence-electron chi connectivity index (χ3n) is 6.36. The van der Waals surface area contributed by atoms with E-state index in [9.17, 15) is 13.2 Å². The molecule has 1 amide bonds. The van der Waals surface area contributed by atoms with Crippen molar-refractivity contribution in [3.05, 3.63) is 29.8 Å². The van der Waals surface area contributed by atoms with Gasteiger partial charge in [0.1, 0.15) is 0 Å². The van der Waals surface area contributed by atoms with Gasteiger partial charge in [-0.15, -0.1) is 0 Å². The molecule has 29 heavy (non-hydrogen) atoms. The number of piperidine rings is 1. The quantitative estimate of drug-likeness (QED) is 0.733. The van der Waals surface area contributed by atoms with Crippen LogP contribution in [-0.4, -0.2) is 73.2 Å². The highest BCUT2D eigenvalue weighted by Gasteiger charge is 2.32. The van der Waals surface area contributed by atoms with E-state index in [1.54, 1.807) is 16.4 Å². The maximum absolute atomic E-state index is 13.0. The minimum Gasteiger partial charge on any atom is -0.336 e. The summed E-state index contributed by atoms with van der Waals surface area (Å²) in [5, 5.41) is 0. The van der Waals surface area contributed by atoms with Gasteiger partial charge >= 0.3 is 0 Å². The molecule has 0 radical (unpaired) electrons. The molecule has 0 unspecified atom stereocenters. The van der Waals surface area contributed by atoms with Crippen molar-refractivity contribution in [1.29, 1.82) is 0 Å². The number of hydrogen-bond acceptors (Lipinski definition) is 4. The third kappa shape index (κ3) is 5.01. The third-order valence-corrected chi connectivity index (χ3v) is 8.27. The molecule has 0 N–H and O–H groups in total. The second-order valence-corrected chi connectivity index (χ2v) is 10.8. The summed E-state index contributed by atoms with van der Waals surface area (Å²) in [6.07, 6.45) is 3.32. The highest BCUT2D eigenvalue weighted by Crippen LogP contribution is 2.24. The minimum atomic E-state index is -3.48. The van der Waals surface area contributed by atoms with Crippen LogP contribution in [0, 0.1) is 0 Å². The summed E-state index contributed by atoms with van der Waals surface area (Å²) in [6, 6.07) is 7.80. The molecule has 1 aromatic rings. The van der Waals surface area contributed by atoms with Gasteiger partial charge in [0.2, 0.25) is 15.9 Å². The van der Waals surface area contributed by atoms with Crippen LogP contribution in [0.25, 0.3) is 0 Å². The van der Waals surface area contributed by atoms with E-state index in [1.807, 2.05) is 17.0 Å². The Morgan fingerprint density at radius 3 is 2.07 bits per heavy atom. The van der Waals surface area contributed by atoms with Gasteiger partial charge < -0.3 is 4.90 Å². The molecule has 0 aromatic heterocycles. The number of carbonyl (C=O) groups excluding carboxylic acids is 1. The maximum atomic E-state index is 13.0. The van der Waals surface area contributed by atoms with Gasteiger partial charge in [-0.1, -0.05) is 26.0 Å². The molecule has 2 heterocycles. The first-order chi connectivity index (χ1) is 13.7. The standard InChI is InChI=1S/C22H35N3O3S/c1-17(2)20-8-10-21(11-9-20)29(27,28)24-14-12-23(13-15-24)16-22(26)25-18(3)6-5-7-19(25)4/h8-11,17-19H,5-7,12-16H2,1-4H3/t18-,19+. The second kappa shape index (κ2) is 9.14. The normalized spacial score (nSPS) is 24.8. The highest BCUT2D eigenvalue weighted by molar-refractivity contribution is 7.89. The molecular weight excluding hydrogens is 386 g/mol. The van der Waals surface area contributed by atoms with Crippen molar-refractivity contribution in [3.8, 4) is 0 Å². The van der Waals surface area contributed by atoms with Gasteiger partial charge in [-0.25, -0.2) is 8.42 Å². The Kier molecular flexibility index (Phi) is 7.02. The number of rotatable bonds is 5. The number of amides is 1. The lowest BCUT2D eigenvalue weighted by atomic mass is 9.97. The van der Waals surface area contributed by atoms with E-state index in [0.717, 1.165) is 18.4 Å². The van der Waals surface area contributed by atoms with Gasteiger partial charge in [0.05, 0.1) is 11.4 Å². The van der Waals surface area contributed by atoms with Crippen LogP contribution >= 0.6 is 0 Å². The van der Waals surface area contributed by atoms with E-state index >= 15 is 0 Å². The highest BCUT2D eigenvalue weighted by atomic mass is 32.2. The zero-order valence-corrected chi connectivity index (χ0v) is 19.0. The summed E-state index contributed by atoms with van der Waals surface area (Å²) in [5.74, 6) is 0.545. The summed E-state index contributed by atoms with van der Waals surface area (Å²) in [7, 11) is -3.48. The summed E-state index contributed by atoms with van der Waals surface area (Å²) >= 11 is 0. The Morgan fingerprint density at radius 1 is 1.00 bits per heavy atom. The number of sulfonamides is 1. The molecule has 3 rings (SSSR count). The first-order valence-electron chi connectivity index (χ1n) is 10.8. The van der Waals surface area contributed by atoms with Crippen LogP contribution in [0.15, 0.2) is 29.2 Å². The van der Waals surface area contributed by atoms with Gasteiger partial charge in [0.25, 0.3) is 0 Å². The van der Waals surface area contributed by atoms with E-state index in [2.05, 4.69) is 32.6 Å². The molecule has 0 spiro atoms.